The smallest absolute Gasteiger partial charge is 0.212 e. The van der Waals surface area contributed by atoms with Gasteiger partial charge >= 0.3 is 0 Å². The van der Waals surface area contributed by atoms with Crippen LogP contribution in [0, 0.1) is 0 Å². The molecule has 1 saturated heterocycles. The molecule has 0 saturated carbocycles. The van der Waals surface area contributed by atoms with Crippen LogP contribution in [0.1, 0.15) is 18.9 Å². The highest BCUT2D eigenvalue weighted by Crippen LogP contribution is 2.13. The largest absolute Gasteiger partial charge is 0.481 e. The van der Waals surface area contributed by atoms with Crippen LogP contribution in [0.4, 0.5) is 0 Å². The van der Waals surface area contributed by atoms with Crippen LogP contribution in [-0.4, -0.2) is 42.7 Å². The van der Waals surface area contributed by atoms with E-state index in [4.69, 9.17) is 4.74 Å². The third-order valence-electron chi connectivity index (χ3n) is 3.34. The number of nitrogens with one attached hydrogen (secondary N) is 1. The van der Waals surface area contributed by atoms with E-state index < -0.39 is 0 Å². The quantitative estimate of drug-likeness (QED) is 0.853. The molecule has 1 fully saturated rings. The highest BCUT2D eigenvalue weighted by molar-refractivity contribution is 5.17. The van der Waals surface area contributed by atoms with Crippen molar-refractivity contribution in [2.24, 2.45) is 0 Å². The Hall–Kier alpha value is -1.13. The minimum absolute atomic E-state index is 0.644. The van der Waals surface area contributed by atoms with Gasteiger partial charge in [0, 0.05) is 44.5 Å². The second kappa shape index (κ2) is 5.98. The Morgan fingerprint density at radius 1 is 1.53 bits per heavy atom. The molecule has 1 atom stereocenters. The van der Waals surface area contributed by atoms with Gasteiger partial charge in [0.25, 0.3) is 0 Å². The predicted molar refractivity (Wildman–Crippen MR) is 68.1 cm³/mol. The number of methoxy groups -OCH3 is 1. The molecule has 4 nitrogen and oxygen atoms in total. The molecule has 2 rings (SSSR count). The minimum atomic E-state index is 0.644. The van der Waals surface area contributed by atoms with Gasteiger partial charge in [0.15, 0.2) is 0 Å². The van der Waals surface area contributed by atoms with E-state index in [1.807, 2.05) is 12.3 Å². The summed E-state index contributed by atoms with van der Waals surface area (Å²) in [6.07, 6.45) is 3.10. The van der Waals surface area contributed by atoms with Gasteiger partial charge in [-0.2, -0.15) is 0 Å². The van der Waals surface area contributed by atoms with Crippen molar-refractivity contribution in [2.45, 2.75) is 25.9 Å². The number of hydrogen-bond donors (Lipinski definition) is 1. The summed E-state index contributed by atoms with van der Waals surface area (Å²) in [4.78, 5) is 6.78. The molecule has 0 amide bonds. The van der Waals surface area contributed by atoms with Gasteiger partial charge in [-0.15, -0.1) is 0 Å². The standard InChI is InChI=1S/C13H21N3O/c1-3-12-9-14-6-7-16(12)10-11-4-5-13(17-2)15-8-11/h4-5,8,12,14H,3,6-7,9-10H2,1-2H3. The maximum atomic E-state index is 5.07. The van der Waals surface area contributed by atoms with Gasteiger partial charge in [0.2, 0.25) is 5.88 Å². The second-order valence-electron chi connectivity index (χ2n) is 4.45. The van der Waals surface area contributed by atoms with Gasteiger partial charge in [-0.3, -0.25) is 4.90 Å². The fourth-order valence-electron chi connectivity index (χ4n) is 2.27. The lowest BCUT2D eigenvalue weighted by molar-refractivity contribution is 0.149. The molecule has 4 heteroatoms. The SMILES string of the molecule is CCC1CNCCN1Cc1ccc(OC)nc1. The van der Waals surface area contributed by atoms with Crippen LogP contribution in [0.3, 0.4) is 0 Å². The van der Waals surface area contributed by atoms with Crippen molar-refractivity contribution in [3.63, 3.8) is 0 Å². The number of piperazine rings is 1. The summed E-state index contributed by atoms with van der Waals surface area (Å²) in [6.45, 7) is 6.53. The first kappa shape index (κ1) is 12.3. The van der Waals surface area contributed by atoms with Crippen molar-refractivity contribution in [1.82, 2.24) is 15.2 Å². The molecular formula is C13H21N3O. The van der Waals surface area contributed by atoms with Crippen molar-refractivity contribution < 1.29 is 4.74 Å². The van der Waals surface area contributed by atoms with E-state index in [0.29, 0.717) is 11.9 Å². The number of pyridine rings is 1. The molecule has 17 heavy (non-hydrogen) atoms. The normalized spacial score (nSPS) is 21.4. The van der Waals surface area contributed by atoms with Gasteiger partial charge in [-0.05, 0) is 12.0 Å². The van der Waals surface area contributed by atoms with E-state index in [2.05, 4.69) is 28.2 Å². The number of ether oxygens (including phenoxy) is 1. The van der Waals surface area contributed by atoms with Crippen LogP contribution >= 0.6 is 0 Å². The molecular weight excluding hydrogens is 214 g/mol. The molecule has 0 bridgehead atoms. The van der Waals surface area contributed by atoms with E-state index in [1.54, 1.807) is 7.11 Å². The number of nitrogens with zero attached hydrogens (tertiary/aromatic N) is 2. The van der Waals surface area contributed by atoms with E-state index >= 15 is 0 Å². The monoisotopic (exact) mass is 235 g/mol. The first-order valence-corrected chi connectivity index (χ1v) is 6.27. The summed E-state index contributed by atoms with van der Waals surface area (Å²) in [6, 6.07) is 4.67. The summed E-state index contributed by atoms with van der Waals surface area (Å²) >= 11 is 0. The Kier molecular flexibility index (Phi) is 4.34. The summed E-state index contributed by atoms with van der Waals surface area (Å²) in [7, 11) is 1.64. The Balaban J connectivity index is 1.98. The molecule has 1 aromatic heterocycles. The zero-order chi connectivity index (χ0) is 12.1. The number of aromatic nitrogens is 1. The second-order valence-corrected chi connectivity index (χ2v) is 4.45. The number of hydrogen-bond acceptors (Lipinski definition) is 4. The lowest BCUT2D eigenvalue weighted by Gasteiger charge is -2.35. The summed E-state index contributed by atoms with van der Waals surface area (Å²) in [5.74, 6) is 0.682. The lowest BCUT2D eigenvalue weighted by atomic mass is 10.1. The first-order chi connectivity index (χ1) is 8.33. The molecule has 1 aromatic rings. The van der Waals surface area contributed by atoms with E-state index in [9.17, 15) is 0 Å². The zero-order valence-electron chi connectivity index (χ0n) is 10.6. The molecule has 0 aromatic carbocycles. The zero-order valence-corrected chi connectivity index (χ0v) is 10.6. The average molecular weight is 235 g/mol. The fourth-order valence-corrected chi connectivity index (χ4v) is 2.27. The van der Waals surface area contributed by atoms with Gasteiger partial charge in [0.05, 0.1) is 7.11 Å². The molecule has 94 valence electrons. The maximum Gasteiger partial charge on any atom is 0.212 e. The Labute approximate surface area is 103 Å². The average Bonchev–Trinajstić information content (AvgIpc) is 2.40. The number of rotatable bonds is 4. The lowest BCUT2D eigenvalue weighted by Crippen LogP contribution is -2.50. The van der Waals surface area contributed by atoms with Crippen molar-refractivity contribution >= 4 is 0 Å². The highest BCUT2D eigenvalue weighted by Gasteiger charge is 2.20. The van der Waals surface area contributed by atoms with Crippen LogP contribution in [0.15, 0.2) is 18.3 Å². The minimum Gasteiger partial charge on any atom is -0.481 e. The van der Waals surface area contributed by atoms with Crippen LogP contribution in [0.2, 0.25) is 0 Å². The summed E-state index contributed by atoms with van der Waals surface area (Å²) < 4.78 is 5.07. The summed E-state index contributed by atoms with van der Waals surface area (Å²) in [5.41, 5.74) is 1.26. The van der Waals surface area contributed by atoms with Gasteiger partial charge in [0.1, 0.15) is 0 Å². The molecule has 1 aliphatic heterocycles. The van der Waals surface area contributed by atoms with E-state index in [-0.39, 0.29) is 0 Å². The Bertz CT molecular complexity index is 339. The van der Waals surface area contributed by atoms with Crippen molar-refractivity contribution in [3.8, 4) is 5.88 Å². The topological polar surface area (TPSA) is 37.4 Å². The first-order valence-electron chi connectivity index (χ1n) is 6.27. The molecule has 2 heterocycles. The van der Waals surface area contributed by atoms with E-state index in [0.717, 1.165) is 26.2 Å². The van der Waals surface area contributed by atoms with Crippen molar-refractivity contribution in [2.75, 3.05) is 26.7 Å². The highest BCUT2D eigenvalue weighted by atomic mass is 16.5. The van der Waals surface area contributed by atoms with Gasteiger partial charge < -0.3 is 10.1 Å². The van der Waals surface area contributed by atoms with Crippen LogP contribution in [-0.2, 0) is 6.54 Å². The molecule has 1 N–H and O–H groups in total. The fraction of sp³-hybridized carbons (Fsp3) is 0.615. The van der Waals surface area contributed by atoms with Crippen LogP contribution in [0.5, 0.6) is 5.88 Å². The third kappa shape index (κ3) is 3.17. The van der Waals surface area contributed by atoms with Crippen molar-refractivity contribution in [1.29, 1.82) is 0 Å². The van der Waals surface area contributed by atoms with Crippen LogP contribution in [0.25, 0.3) is 0 Å². The van der Waals surface area contributed by atoms with Gasteiger partial charge in [-0.25, -0.2) is 4.98 Å². The Morgan fingerprint density at radius 3 is 3.06 bits per heavy atom. The third-order valence-corrected chi connectivity index (χ3v) is 3.34. The van der Waals surface area contributed by atoms with E-state index in [1.165, 1.54) is 12.0 Å². The summed E-state index contributed by atoms with van der Waals surface area (Å²) in [5, 5.41) is 3.44. The molecule has 1 aliphatic rings. The Morgan fingerprint density at radius 2 is 2.41 bits per heavy atom. The van der Waals surface area contributed by atoms with Crippen LogP contribution < -0.4 is 10.1 Å². The maximum absolute atomic E-state index is 5.07. The van der Waals surface area contributed by atoms with Crippen molar-refractivity contribution in [3.05, 3.63) is 23.9 Å². The van der Waals surface area contributed by atoms with Gasteiger partial charge in [-0.1, -0.05) is 13.0 Å². The predicted octanol–water partition coefficient (Wildman–Crippen LogP) is 1.27. The molecule has 1 unspecified atom stereocenters. The molecule has 0 radical (unpaired) electrons. The molecule has 0 aliphatic carbocycles. The molecule has 0 spiro atoms.